The number of primary amides is 1. The lowest BCUT2D eigenvalue weighted by Crippen LogP contribution is -2.42. The summed E-state index contributed by atoms with van der Waals surface area (Å²) in [5.74, 6) is -0.0751. The van der Waals surface area contributed by atoms with Crippen LogP contribution in [0.3, 0.4) is 0 Å². The normalized spacial score (nSPS) is 16.9. The maximum absolute atomic E-state index is 12.0. The van der Waals surface area contributed by atoms with E-state index in [-0.39, 0.29) is 17.7 Å². The van der Waals surface area contributed by atoms with Crippen molar-refractivity contribution >= 4 is 11.8 Å². The number of nitrogens with zero attached hydrogens (tertiary/aromatic N) is 2. The molecule has 1 fully saturated rings. The molecule has 0 aromatic carbocycles. The van der Waals surface area contributed by atoms with Crippen LogP contribution in [-0.4, -0.2) is 54.8 Å². The molecule has 0 aliphatic carbocycles. The van der Waals surface area contributed by atoms with Crippen molar-refractivity contribution in [3.8, 4) is 0 Å². The van der Waals surface area contributed by atoms with Crippen molar-refractivity contribution in [2.45, 2.75) is 39.0 Å². The fourth-order valence-corrected chi connectivity index (χ4v) is 2.40. The number of hydrogen-bond acceptors (Lipinski definition) is 3. The number of carbonyl (C=O) groups excluding carboxylic acids is 2. The third-order valence-electron chi connectivity index (χ3n) is 3.85. The number of unbranched alkanes of at least 4 members (excludes halogenated alkanes) is 1. The summed E-state index contributed by atoms with van der Waals surface area (Å²) in [6, 6.07) is 0. The number of carbonyl (C=O) groups is 2. The van der Waals surface area contributed by atoms with Crippen molar-refractivity contribution in [2.24, 2.45) is 11.7 Å². The maximum Gasteiger partial charge on any atom is 0.223 e. The summed E-state index contributed by atoms with van der Waals surface area (Å²) in [4.78, 5) is 27.2. The Kier molecular flexibility index (Phi) is 6.84. The maximum atomic E-state index is 12.0. The van der Waals surface area contributed by atoms with E-state index in [1.54, 1.807) is 0 Å². The van der Waals surface area contributed by atoms with Crippen LogP contribution in [0.2, 0.25) is 0 Å². The molecule has 0 aromatic rings. The van der Waals surface area contributed by atoms with Gasteiger partial charge in [0.1, 0.15) is 0 Å². The van der Waals surface area contributed by atoms with Crippen LogP contribution >= 0.6 is 0 Å². The molecule has 5 nitrogen and oxygen atoms in total. The summed E-state index contributed by atoms with van der Waals surface area (Å²) in [5, 5.41) is 0. The van der Waals surface area contributed by atoms with Gasteiger partial charge in [0, 0.05) is 32.0 Å². The lowest BCUT2D eigenvalue weighted by Gasteiger charge is -2.31. The van der Waals surface area contributed by atoms with Gasteiger partial charge in [0.05, 0.1) is 0 Å². The highest BCUT2D eigenvalue weighted by atomic mass is 16.2. The quantitative estimate of drug-likeness (QED) is 0.744. The molecule has 1 aliphatic rings. The standard InChI is InChI=1S/C14H27N3O2/c1-3-4-8-16(2)9-7-13(18)17-10-5-12(6-11-17)14(15)19/h12H,3-11H2,1-2H3,(H2,15,19). The number of amides is 2. The van der Waals surface area contributed by atoms with Crippen LogP contribution in [0.5, 0.6) is 0 Å². The fourth-order valence-electron chi connectivity index (χ4n) is 2.40. The van der Waals surface area contributed by atoms with Gasteiger partial charge in [-0.3, -0.25) is 9.59 Å². The van der Waals surface area contributed by atoms with Gasteiger partial charge >= 0.3 is 0 Å². The monoisotopic (exact) mass is 269 g/mol. The summed E-state index contributed by atoms with van der Waals surface area (Å²) < 4.78 is 0. The Morgan fingerprint density at radius 3 is 2.42 bits per heavy atom. The molecule has 2 amide bonds. The van der Waals surface area contributed by atoms with Crippen molar-refractivity contribution in [3.63, 3.8) is 0 Å². The smallest absolute Gasteiger partial charge is 0.223 e. The van der Waals surface area contributed by atoms with Gasteiger partial charge in [0.25, 0.3) is 0 Å². The third kappa shape index (κ3) is 5.59. The number of hydrogen-bond donors (Lipinski definition) is 1. The van der Waals surface area contributed by atoms with Crippen LogP contribution in [0.15, 0.2) is 0 Å². The van der Waals surface area contributed by atoms with E-state index < -0.39 is 0 Å². The summed E-state index contributed by atoms with van der Waals surface area (Å²) in [7, 11) is 2.06. The summed E-state index contributed by atoms with van der Waals surface area (Å²) in [6.45, 7) is 5.38. The zero-order chi connectivity index (χ0) is 14.3. The van der Waals surface area contributed by atoms with Crippen LogP contribution in [0.25, 0.3) is 0 Å². The van der Waals surface area contributed by atoms with Gasteiger partial charge < -0.3 is 15.5 Å². The van der Waals surface area contributed by atoms with Crippen LogP contribution in [-0.2, 0) is 9.59 Å². The molecule has 0 saturated carbocycles. The lowest BCUT2D eigenvalue weighted by molar-refractivity contribution is -0.135. The van der Waals surface area contributed by atoms with E-state index in [4.69, 9.17) is 5.73 Å². The molecular weight excluding hydrogens is 242 g/mol. The molecular formula is C14H27N3O2. The molecule has 0 aromatic heterocycles. The fraction of sp³-hybridized carbons (Fsp3) is 0.857. The van der Waals surface area contributed by atoms with Crippen LogP contribution in [0.4, 0.5) is 0 Å². The van der Waals surface area contributed by atoms with Gasteiger partial charge in [-0.2, -0.15) is 0 Å². The molecule has 0 spiro atoms. The second kappa shape index (κ2) is 8.15. The first-order valence-corrected chi connectivity index (χ1v) is 7.30. The van der Waals surface area contributed by atoms with Crippen LogP contribution < -0.4 is 5.73 Å². The highest BCUT2D eigenvalue weighted by Crippen LogP contribution is 2.17. The van der Waals surface area contributed by atoms with Gasteiger partial charge in [-0.05, 0) is 32.9 Å². The zero-order valence-corrected chi connectivity index (χ0v) is 12.2. The molecule has 19 heavy (non-hydrogen) atoms. The molecule has 110 valence electrons. The molecule has 1 aliphatic heterocycles. The molecule has 0 atom stereocenters. The van der Waals surface area contributed by atoms with Crippen LogP contribution in [0, 0.1) is 5.92 Å². The largest absolute Gasteiger partial charge is 0.369 e. The third-order valence-corrected chi connectivity index (χ3v) is 3.85. The SMILES string of the molecule is CCCCN(C)CCC(=O)N1CCC(C(N)=O)CC1. The van der Waals surface area contributed by atoms with Crippen LogP contribution in [0.1, 0.15) is 39.0 Å². The average molecular weight is 269 g/mol. The molecule has 1 rings (SSSR count). The Hall–Kier alpha value is -1.10. The second-order valence-electron chi connectivity index (χ2n) is 5.46. The Labute approximate surface area is 116 Å². The Balaban J connectivity index is 2.22. The summed E-state index contributed by atoms with van der Waals surface area (Å²) >= 11 is 0. The van der Waals surface area contributed by atoms with Crippen molar-refractivity contribution in [3.05, 3.63) is 0 Å². The van der Waals surface area contributed by atoms with Crippen molar-refractivity contribution in [1.82, 2.24) is 9.80 Å². The van der Waals surface area contributed by atoms with Gasteiger partial charge in [0.2, 0.25) is 11.8 Å². The van der Waals surface area contributed by atoms with E-state index in [1.165, 1.54) is 12.8 Å². The number of rotatable bonds is 7. The van der Waals surface area contributed by atoms with E-state index in [0.717, 1.165) is 13.1 Å². The topological polar surface area (TPSA) is 66.6 Å². The first-order chi connectivity index (χ1) is 9.04. The van der Waals surface area contributed by atoms with Gasteiger partial charge in [-0.15, -0.1) is 0 Å². The first kappa shape index (κ1) is 16.0. The zero-order valence-electron chi connectivity index (χ0n) is 12.2. The minimum absolute atomic E-state index is 0.0451. The van der Waals surface area contributed by atoms with Gasteiger partial charge in [-0.1, -0.05) is 13.3 Å². The molecule has 5 heteroatoms. The predicted molar refractivity (Wildman–Crippen MR) is 75.5 cm³/mol. The average Bonchev–Trinajstić information content (AvgIpc) is 2.42. The summed E-state index contributed by atoms with van der Waals surface area (Å²) in [6.07, 6.45) is 4.36. The van der Waals surface area contributed by atoms with Gasteiger partial charge in [-0.25, -0.2) is 0 Å². The Morgan fingerprint density at radius 2 is 1.89 bits per heavy atom. The minimum atomic E-state index is -0.230. The molecule has 2 N–H and O–H groups in total. The van der Waals surface area contributed by atoms with Crippen molar-refractivity contribution in [1.29, 1.82) is 0 Å². The van der Waals surface area contributed by atoms with Crippen molar-refractivity contribution < 1.29 is 9.59 Å². The number of likely N-dealkylation sites (tertiary alicyclic amines) is 1. The Morgan fingerprint density at radius 1 is 1.26 bits per heavy atom. The van der Waals surface area contributed by atoms with E-state index in [9.17, 15) is 9.59 Å². The van der Waals surface area contributed by atoms with Crippen molar-refractivity contribution in [2.75, 3.05) is 33.2 Å². The minimum Gasteiger partial charge on any atom is -0.369 e. The molecule has 1 heterocycles. The first-order valence-electron chi connectivity index (χ1n) is 7.30. The van der Waals surface area contributed by atoms with Gasteiger partial charge in [0.15, 0.2) is 0 Å². The molecule has 0 radical (unpaired) electrons. The molecule has 1 saturated heterocycles. The van der Waals surface area contributed by atoms with E-state index in [2.05, 4.69) is 18.9 Å². The second-order valence-corrected chi connectivity index (χ2v) is 5.46. The highest BCUT2D eigenvalue weighted by Gasteiger charge is 2.25. The molecule has 0 unspecified atom stereocenters. The Bertz CT molecular complexity index is 299. The molecule has 0 bridgehead atoms. The lowest BCUT2D eigenvalue weighted by atomic mass is 9.96. The number of nitrogens with two attached hydrogens (primary N) is 1. The number of piperidine rings is 1. The van der Waals surface area contributed by atoms with E-state index in [0.29, 0.717) is 32.4 Å². The van der Waals surface area contributed by atoms with E-state index in [1.807, 2.05) is 4.90 Å². The highest BCUT2D eigenvalue weighted by molar-refractivity contribution is 5.78. The summed E-state index contributed by atoms with van der Waals surface area (Å²) in [5.41, 5.74) is 5.28. The van der Waals surface area contributed by atoms with E-state index >= 15 is 0 Å². The predicted octanol–water partition coefficient (Wildman–Crippen LogP) is 0.832.